The van der Waals surface area contributed by atoms with Crippen LogP contribution in [0.4, 0.5) is 0 Å². The lowest BCUT2D eigenvalue weighted by Crippen LogP contribution is -2.32. The molecule has 4 heteroatoms. The molecule has 1 unspecified atom stereocenters. The number of benzene rings is 1. The topological polar surface area (TPSA) is 44.8 Å². The minimum atomic E-state index is 0.406. The van der Waals surface area contributed by atoms with Crippen molar-refractivity contribution in [3.05, 3.63) is 59.7 Å². The monoisotopic (exact) mass is 320 g/mol. The standard InChI is InChI=1S/C20H24N4/c1-2-13-24(14-19-22-16-9-3-4-10-17(16)23-19)18-11-5-7-15-8-6-12-21-20(15)18/h3-4,6,8-10,12,18H,2,5,7,11,13-14H2,1H3,(H,22,23). The molecule has 2 aromatic heterocycles. The van der Waals surface area contributed by atoms with Crippen molar-refractivity contribution in [2.45, 2.75) is 45.2 Å². The van der Waals surface area contributed by atoms with Gasteiger partial charge in [0.2, 0.25) is 0 Å². The van der Waals surface area contributed by atoms with Crippen LogP contribution in [-0.4, -0.2) is 26.4 Å². The van der Waals surface area contributed by atoms with Gasteiger partial charge in [-0.05, 0) is 56.0 Å². The Balaban J connectivity index is 1.63. The van der Waals surface area contributed by atoms with E-state index in [0.717, 1.165) is 42.8 Å². The van der Waals surface area contributed by atoms with Gasteiger partial charge in [-0.3, -0.25) is 9.88 Å². The minimum absolute atomic E-state index is 0.406. The molecular weight excluding hydrogens is 296 g/mol. The Morgan fingerprint density at radius 1 is 1.21 bits per heavy atom. The zero-order chi connectivity index (χ0) is 16.4. The van der Waals surface area contributed by atoms with E-state index < -0.39 is 0 Å². The van der Waals surface area contributed by atoms with Crippen LogP contribution in [0.25, 0.3) is 11.0 Å². The fourth-order valence-corrected chi connectivity index (χ4v) is 3.85. The largest absolute Gasteiger partial charge is 0.341 e. The van der Waals surface area contributed by atoms with Gasteiger partial charge in [-0.15, -0.1) is 0 Å². The molecule has 0 bridgehead atoms. The summed E-state index contributed by atoms with van der Waals surface area (Å²) in [5.74, 6) is 1.05. The van der Waals surface area contributed by atoms with Crippen LogP contribution in [0.3, 0.4) is 0 Å². The number of pyridine rings is 1. The highest BCUT2D eigenvalue weighted by Gasteiger charge is 2.27. The molecule has 0 amide bonds. The maximum Gasteiger partial charge on any atom is 0.121 e. The van der Waals surface area contributed by atoms with Gasteiger partial charge in [0.1, 0.15) is 5.82 Å². The zero-order valence-electron chi connectivity index (χ0n) is 14.2. The summed E-state index contributed by atoms with van der Waals surface area (Å²) in [6, 6.07) is 12.9. The van der Waals surface area contributed by atoms with Gasteiger partial charge in [0, 0.05) is 6.20 Å². The smallest absolute Gasteiger partial charge is 0.121 e. The predicted molar refractivity (Wildman–Crippen MR) is 96.7 cm³/mol. The first-order chi connectivity index (χ1) is 11.8. The first kappa shape index (κ1) is 15.3. The highest BCUT2D eigenvalue weighted by atomic mass is 15.2. The molecule has 1 atom stereocenters. The molecule has 3 aromatic rings. The maximum absolute atomic E-state index is 4.77. The van der Waals surface area contributed by atoms with Gasteiger partial charge in [-0.2, -0.15) is 0 Å². The second-order valence-corrected chi connectivity index (χ2v) is 6.63. The van der Waals surface area contributed by atoms with Crippen LogP contribution in [0, 0.1) is 0 Å². The molecule has 1 N–H and O–H groups in total. The Hall–Kier alpha value is -2.20. The van der Waals surface area contributed by atoms with Gasteiger partial charge in [-0.1, -0.05) is 25.1 Å². The summed E-state index contributed by atoms with van der Waals surface area (Å²) < 4.78 is 0. The van der Waals surface area contributed by atoms with E-state index in [9.17, 15) is 0 Å². The van der Waals surface area contributed by atoms with Crippen LogP contribution in [-0.2, 0) is 13.0 Å². The minimum Gasteiger partial charge on any atom is -0.341 e. The predicted octanol–water partition coefficient (Wildman–Crippen LogP) is 4.25. The Labute approximate surface area is 142 Å². The van der Waals surface area contributed by atoms with E-state index in [1.54, 1.807) is 0 Å². The molecule has 1 aliphatic rings. The number of imidazole rings is 1. The molecule has 4 nitrogen and oxygen atoms in total. The summed E-state index contributed by atoms with van der Waals surface area (Å²) >= 11 is 0. The summed E-state index contributed by atoms with van der Waals surface area (Å²) in [6.45, 7) is 4.16. The number of fused-ring (bicyclic) bond motifs is 2. The van der Waals surface area contributed by atoms with Gasteiger partial charge in [-0.25, -0.2) is 4.98 Å². The van der Waals surface area contributed by atoms with Crippen molar-refractivity contribution in [3.63, 3.8) is 0 Å². The third-order valence-electron chi connectivity index (χ3n) is 4.91. The molecular formula is C20H24N4. The van der Waals surface area contributed by atoms with Gasteiger partial charge in [0.05, 0.1) is 29.3 Å². The third kappa shape index (κ3) is 2.94. The number of rotatable bonds is 5. The number of para-hydroxylation sites is 2. The number of nitrogens with zero attached hydrogens (tertiary/aromatic N) is 3. The van der Waals surface area contributed by atoms with Gasteiger partial charge in [0.15, 0.2) is 0 Å². The van der Waals surface area contributed by atoms with Crippen LogP contribution >= 0.6 is 0 Å². The average molecular weight is 320 g/mol. The quantitative estimate of drug-likeness (QED) is 0.764. The molecule has 0 spiro atoms. The molecule has 2 heterocycles. The van der Waals surface area contributed by atoms with Gasteiger partial charge >= 0.3 is 0 Å². The number of aromatic nitrogens is 3. The van der Waals surface area contributed by atoms with Gasteiger partial charge < -0.3 is 4.98 Å². The number of H-pyrrole nitrogens is 1. The Morgan fingerprint density at radius 2 is 2.12 bits per heavy atom. The maximum atomic E-state index is 4.77. The van der Waals surface area contributed by atoms with E-state index in [0.29, 0.717) is 6.04 Å². The highest BCUT2D eigenvalue weighted by Crippen LogP contribution is 2.33. The molecule has 0 saturated heterocycles. The van der Waals surface area contributed by atoms with Crippen LogP contribution < -0.4 is 0 Å². The molecule has 0 aliphatic heterocycles. The molecule has 124 valence electrons. The van der Waals surface area contributed by atoms with Crippen molar-refractivity contribution in [1.29, 1.82) is 0 Å². The number of hydrogen-bond acceptors (Lipinski definition) is 3. The first-order valence-electron chi connectivity index (χ1n) is 8.96. The second kappa shape index (κ2) is 6.73. The first-order valence-corrected chi connectivity index (χ1v) is 8.96. The summed E-state index contributed by atoms with van der Waals surface area (Å²) in [5, 5.41) is 0. The van der Waals surface area contributed by atoms with E-state index in [2.05, 4.69) is 47.1 Å². The zero-order valence-corrected chi connectivity index (χ0v) is 14.2. The normalized spacial score (nSPS) is 17.3. The fourth-order valence-electron chi connectivity index (χ4n) is 3.85. The molecule has 0 fully saturated rings. The van der Waals surface area contributed by atoms with Crippen molar-refractivity contribution in [2.24, 2.45) is 0 Å². The SMILES string of the molecule is CCCN(Cc1nc2ccccc2[nH]1)C1CCCc2cccnc21. The van der Waals surface area contributed by atoms with Crippen LogP contribution in [0.15, 0.2) is 42.6 Å². The molecule has 0 saturated carbocycles. The van der Waals surface area contributed by atoms with Crippen molar-refractivity contribution in [2.75, 3.05) is 6.54 Å². The summed E-state index contributed by atoms with van der Waals surface area (Å²) in [7, 11) is 0. The van der Waals surface area contributed by atoms with E-state index in [1.165, 1.54) is 24.1 Å². The summed E-state index contributed by atoms with van der Waals surface area (Å²) in [5.41, 5.74) is 4.85. The van der Waals surface area contributed by atoms with Crippen molar-refractivity contribution in [3.8, 4) is 0 Å². The molecule has 0 radical (unpaired) electrons. The van der Waals surface area contributed by atoms with Crippen LogP contribution in [0.5, 0.6) is 0 Å². The van der Waals surface area contributed by atoms with Crippen LogP contribution in [0.2, 0.25) is 0 Å². The molecule has 24 heavy (non-hydrogen) atoms. The van der Waals surface area contributed by atoms with Crippen molar-refractivity contribution in [1.82, 2.24) is 19.9 Å². The lowest BCUT2D eigenvalue weighted by atomic mass is 9.90. The van der Waals surface area contributed by atoms with E-state index in [4.69, 9.17) is 9.97 Å². The van der Waals surface area contributed by atoms with Crippen LogP contribution in [0.1, 0.15) is 49.3 Å². The average Bonchev–Trinajstić information content (AvgIpc) is 3.03. The Bertz CT molecular complexity index is 790. The highest BCUT2D eigenvalue weighted by molar-refractivity contribution is 5.74. The number of nitrogens with one attached hydrogen (secondary N) is 1. The lowest BCUT2D eigenvalue weighted by molar-refractivity contribution is 0.162. The molecule has 1 aliphatic carbocycles. The Kier molecular flexibility index (Phi) is 4.30. The summed E-state index contributed by atoms with van der Waals surface area (Å²) in [6.07, 6.45) is 6.65. The third-order valence-corrected chi connectivity index (χ3v) is 4.91. The number of aromatic amines is 1. The van der Waals surface area contributed by atoms with Gasteiger partial charge in [0.25, 0.3) is 0 Å². The summed E-state index contributed by atoms with van der Waals surface area (Å²) in [4.78, 5) is 15.5. The van der Waals surface area contributed by atoms with Crippen molar-refractivity contribution < 1.29 is 0 Å². The number of aryl methyl sites for hydroxylation is 1. The lowest BCUT2D eigenvalue weighted by Gasteiger charge is -2.34. The Morgan fingerprint density at radius 3 is 3.00 bits per heavy atom. The second-order valence-electron chi connectivity index (χ2n) is 6.63. The molecule has 1 aromatic carbocycles. The number of hydrogen-bond donors (Lipinski definition) is 1. The van der Waals surface area contributed by atoms with E-state index in [1.807, 2.05) is 12.3 Å². The molecule has 4 rings (SSSR count). The fraction of sp³-hybridized carbons (Fsp3) is 0.400. The van der Waals surface area contributed by atoms with Crippen molar-refractivity contribution >= 4 is 11.0 Å². The van der Waals surface area contributed by atoms with E-state index >= 15 is 0 Å². The van der Waals surface area contributed by atoms with E-state index in [-0.39, 0.29) is 0 Å².